The number of pyridine rings is 1. The molecule has 0 aromatic carbocycles. The van der Waals surface area contributed by atoms with E-state index in [9.17, 15) is 4.79 Å². The topological polar surface area (TPSA) is 34.0 Å². The van der Waals surface area contributed by atoms with Crippen LogP contribution in [0.5, 0.6) is 0 Å². The maximum Gasteiger partial charge on any atom is 0.250 e. The fraction of sp³-hybridized carbons (Fsp3) is 0.667. The molecule has 1 fully saturated rings. The minimum absolute atomic E-state index is 0.175. The van der Waals surface area contributed by atoms with Crippen molar-refractivity contribution in [2.24, 2.45) is 5.92 Å². The zero-order valence-corrected chi connectivity index (χ0v) is 11.1. The molecule has 1 N–H and O–H groups in total. The second-order valence-corrected chi connectivity index (χ2v) is 5.90. The van der Waals surface area contributed by atoms with E-state index >= 15 is 0 Å². The van der Waals surface area contributed by atoms with E-state index in [0.29, 0.717) is 5.92 Å². The van der Waals surface area contributed by atoms with Gasteiger partial charge in [0.2, 0.25) is 0 Å². The van der Waals surface area contributed by atoms with Crippen molar-refractivity contribution in [3.63, 3.8) is 0 Å². The number of fused-ring (bicyclic) bond motifs is 1. The fourth-order valence-electron chi connectivity index (χ4n) is 2.87. The second-order valence-electron chi connectivity index (χ2n) is 5.90. The molecular formula is C15H22N2O. The average Bonchev–Trinajstić information content (AvgIpc) is 3.07. The number of hydrogen-bond donors (Lipinski definition) is 1. The summed E-state index contributed by atoms with van der Waals surface area (Å²) in [4.78, 5) is 12.0. The van der Waals surface area contributed by atoms with E-state index < -0.39 is 0 Å². The molecule has 1 saturated carbocycles. The van der Waals surface area contributed by atoms with Gasteiger partial charge in [-0.15, -0.1) is 0 Å². The molecule has 0 aliphatic heterocycles. The quantitative estimate of drug-likeness (QED) is 0.858. The van der Waals surface area contributed by atoms with Crippen LogP contribution in [0.2, 0.25) is 0 Å². The van der Waals surface area contributed by atoms with E-state index in [-0.39, 0.29) is 5.56 Å². The maximum absolute atomic E-state index is 12.0. The van der Waals surface area contributed by atoms with Crippen LogP contribution in [0.25, 0.3) is 0 Å². The molecule has 3 rings (SSSR count). The van der Waals surface area contributed by atoms with E-state index in [1.807, 2.05) is 10.6 Å². The summed E-state index contributed by atoms with van der Waals surface area (Å²) in [6.45, 7) is 4.12. The molecule has 0 radical (unpaired) electrons. The molecule has 18 heavy (non-hydrogen) atoms. The molecule has 3 heteroatoms. The van der Waals surface area contributed by atoms with Gasteiger partial charge in [-0.1, -0.05) is 13.0 Å². The van der Waals surface area contributed by atoms with Crippen molar-refractivity contribution < 1.29 is 0 Å². The first-order chi connectivity index (χ1) is 8.74. The first-order valence-corrected chi connectivity index (χ1v) is 7.19. The van der Waals surface area contributed by atoms with Crippen molar-refractivity contribution in [2.75, 3.05) is 6.54 Å². The van der Waals surface area contributed by atoms with Crippen molar-refractivity contribution in [1.82, 2.24) is 9.88 Å². The predicted molar refractivity (Wildman–Crippen MR) is 72.9 cm³/mol. The minimum Gasteiger partial charge on any atom is -0.314 e. The molecule has 0 amide bonds. The predicted octanol–water partition coefficient (Wildman–Crippen LogP) is 1.73. The second kappa shape index (κ2) is 4.88. The Bertz CT molecular complexity index is 488. The lowest BCUT2D eigenvalue weighted by Crippen LogP contribution is -2.31. The summed E-state index contributed by atoms with van der Waals surface area (Å²) in [5.74, 6) is 0.524. The number of rotatable bonds is 5. The highest BCUT2D eigenvalue weighted by molar-refractivity contribution is 5.25. The highest BCUT2D eigenvalue weighted by Crippen LogP contribution is 2.21. The molecule has 0 saturated heterocycles. The molecule has 0 bridgehead atoms. The van der Waals surface area contributed by atoms with E-state index in [1.54, 1.807) is 6.07 Å². The lowest BCUT2D eigenvalue weighted by Gasteiger charge is -2.17. The molecule has 0 spiro atoms. The van der Waals surface area contributed by atoms with Gasteiger partial charge in [-0.25, -0.2) is 0 Å². The normalized spacial score (nSPS) is 19.8. The first kappa shape index (κ1) is 12.0. The minimum atomic E-state index is 0.175. The molecule has 2 aliphatic rings. The van der Waals surface area contributed by atoms with Crippen LogP contribution in [-0.4, -0.2) is 17.2 Å². The van der Waals surface area contributed by atoms with Gasteiger partial charge in [0, 0.05) is 24.3 Å². The highest BCUT2D eigenvalue weighted by atomic mass is 16.1. The smallest absolute Gasteiger partial charge is 0.250 e. The molecule has 1 aromatic rings. The Balaban J connectivity index is 1.71. The van der Waals surface area contributed by atoms with Gasteiger partial charge < -0.3 is 9.88 Å². The fourth-order valence-corrected chi connectivity index (χ4v) is 2.87. The summed E-state index contributed by atoms with van der Waals surface area (Å²) >= 11 is 0. The standard InChI is InChI=1S/C15H22N2O/c1-11(9-16-13-6-7-13)10-17-14-4-2-3-12(14)5-8-15(17)18/h5,8,11,13,16H,2-4,6-7,9-10H2,1H3. The number of aryl methyl sites for hydroxylation is 1. The molecule has 2 aliphatic carbocycles. The maximum atomic E-state index is 12.0. The molecular weight excluding hydrogens is 224 g/mol. The van der Waals surface area contributed by atoms with E-state index in [1.165, 1.54) is 30.5 Å². The van der Waals surface area contributed by atoms with E-state index in [0.717, 1.165) is 32.0 Å². The Hall–Kier alpha value is -1.09. The third-order valence-electron chi connectivity index (χ3n) is 4.08. The molecule has 3 nitrogen and oxygen atoms in total. The Morgan fingerprint density at radius 2 is 2.22 bits per heavy atom. The number of nitrogens with one attached hydrogen (secondary N) is 1. The van der Waals surface area contributed by atoms with Gasteiger partial charge in [-0.2, -0.15) is 0 Å². The SMILES string of the molecule is CC(CNC1CC1)Cn1c2c(ccc1=O)CCC2. The van der Waals surface area contributed by atoms with Crippen LogP contribution in [0.4, 0.5) is 0 Å². The number of aromatic nitrogens is 1. The Kier molecular flexibility index (Phi) is 3.25. The van der Waals surface area contributed by atoms with E-state index in [2.05, 4.69) is 12.2 Å². The van der Waals surface area contributed by atoms with Gasteiger partial charge in [0.1, 0.15) is 0 Å². The van der Waals surface area contributed by atoms with Crippen molar-refractivity contribution >= 4 is 0 Å². The van der Waals surface area contributed by atoms with Crippen LogP contribution in [0.1, 0.15) is 37.4 Å². The van der Waals surface area contributed by atoms with Crippen LogP contribution in [-0.2, 0) is 19.4 Å². The van der Waals surface area contributed by atoms with E-state index in [4.69, 9.17) is 0 Å². The molecule has 1 atom stereocenters. The Morgan fingerprint density at radius 1 is 1.39 bits per heavy atom. The lowest BCUT2D eigenvalue weighted by atomic mass is 10.1. The average molecular weight is 246 g/mol. The number of nitrogens with zero attached hydrogens (tertiary/aromatic N) is 1. The van der Waals surface area contributed by atoms with Crippen LogP contribution >= 0.6 is 0 Å². The van der Waals surface area contributed by atoms with Crippen LogP contribution in [0.15, 0.2) is 16.9 Å². The first-order valence-electron chi connectivity index (χ1n) is 7.19. The zero-order valence-electron chi connectivity index (χ0n) is 11.1. The highest BCUT2D eigenvalue weighted by Gasteiger charge is 2.22. The van der Waals surface area contributed by atoms with Gasteiger partial charge in [0.05, 0.1) is 0 Å². The van der Waals surface area contributed by atoms with Crippen LogP contribution in [0.3, 0.4) is 0 Å². The summed E-state index contributed by atoms with van der Waals surface area (Å²) in [5.41, 5.74) is 2.85. The largest absolute Gasteiger partial charge is 0.314 e. The van der Waals surface area contributed by atoms with Crippen LogP contribution < -0.4 is 10.9 Å². The van der Waals surface area contributed by atoms with Gasteiger partial charge in [0.15, 0.2) is 0 Å². The van der Waals surface area contributed by atoms with Crippen molar-refractivity contribution in [2.45, 2.75) is 51.6 Å². The molecule has 1 unspecified atom stereocenters. The number of hydrogen-bond acceptors (Lipinski definition) is 2. The summed E-state index contributed by atoms with van der Waals surface area (Å²) < 4.78 is 2.02. The Morgan fingerprint density at radius 3 is 3.00 bits per heavy atom. The van der Waals surface area contributed by atoms with Gasteiger partial charge >= 0.3 is 0 Å². The van der Waals surface area contributed by atoms with Crippen molar-refractivity contribution in [1.29, 1.82) is 0 Å². The molecule has 1 heterocycles. The lowest BCUT2D eigenvalue weighted by molar-refractivity contribution is 0.430. The van der Waals surface area contributed by atoms with Gasteiger partial charge in [-0.3, -0.25) is 4.79 Å². The summed E-state index contributed by atoms with van der Waals surface area (Å²) in [6.07, 6.45) is 6.08. The van der Waals surface area contributed by atoms with Crippen molar-refractivity contribution in [3.05, 3.63) is 33.7 Å². The molecule has 98 valence electrons. The Labute approximate surface area is 108 Å². The molecule has 1 aromatic heterocycles. The van der Waals surface area contributed by atoms with Crippen LogP contribution in [0, 0.1) is 5.92 Å². The monoisotopic (exact) mass is 246 g/mol. The van der Waals surface area contributed by atoms with Gasteiger partial charge in [0.25, 0.3) is 5.56 Å². The third kappa shape index (κ3) is 2.51. The zero-order chi connectivity index (χ0) is 12.5. The van der Waals surface area contributed by atoms with Crippen molar-refractivity contribution in [3.8, 4) is 0 Å². The summed E-state index contributed by atoms with van der Waals surface area (Å²) in [6, 6.07) is 4.52. The third-order valence-corrected chi connectivity index (χ3v) is 4.08. The summed E-state index contributed by atoms with van der Waals surface area (Å²) in [7, 11) is 0. The van der Waals surface area contributed by atoms with Gasteiger partial charge in [-0.05, 0) is 50.1 Å². The summed E-state index contributed by atoms with van der Waals surface area (Å²) in [5, 5.41) is 3.55.